The molecule has 35 heavy (non-hydrogen) atoms. The zero-order valence-corrected chi connectivity index (χ0v) is 21.9. The van der Waals surface area contributed by atoms with Gasteiger partial charge < -0.3 is 19.6 Å². The normalized spacial score (nSPS) is 20.1. The Morgan fingerprint density at radius 3 is 2.60 bits per heavy atom. The molecule has 0 spiro atoms. The van der Waals surface area contributed by atoms with Crippen LogP contribution in [0.15, 0.2) is 24.4 Å². The van der Waals surface area contributed by atoms with Crippen molar-refractivity contribution in [2.24, 2.45) is 11.3 Å². The Kier molecular flexibility index (Phi) is 8.87. The van der Waals surface area contributed by atoms with E-state index in [2.05, 4.69) is 9.88 Å². The second-order valence-electron chi connectivity index (χ2n) is 11.1. The van der Waals surface area contributed by atoms with Crippen LogP contribution in [0.25, 0.3) is 10.9 Å². The van der Waals surface area contributed by atoms with Crippen molar-refractivity contribution in [3.05, 3.63) is 30.0 Å². The van der Waals surface area contributed by atoms with Gasteiger partial charge in [0, 0.05) is 31.7 Å². The summed E-state index contributed by atoms with van der Waals surface area (Å²) in [7, 11) is 5.48. The number of fused-ring (bicyclic) bond motifs is 1. The highest BCUT2D eigenvalue weighted by Gasteiger charge is 2.35. The Balaban J connectivity index is 1.40. The summed E-state index contributed by atoms with van der Waals surface area (Å²) in [5.74, 6) is 1.61. The molecular weight excluding hydrogens is 441 g/mol. The number of hydrogen-bond acceptors (Lipinski definition) is 5. The van der Waals surface area contributed by atoms with E-state index in [0.29, 0.717) is 24.2 Å². The monoisotopic (exact) mass is 485 g/mol. The molecule has 2 aliphatic rings. The fourth-order valence-electron chi connectivity index (χ4n) is 6.15. The minimum Gasteiger partial charge on any atom is -0.497 e. The molecule has 2 aromatic rings. The van der Waals surface area contributed by atoms with E-state index in [1.807, 2.05) is 37.2 Å². The predicted molar refractivity (Wildman–Crippen MR) is 142 cm³/mol. The summed E-state index contributed by atoms with van der Waals surface area (Å²) in [4.78, 5) is 9.05. The van der Waals surface area contributed by atoms with E-state index in [4.69, 9.17) is 4.74 Å². The van der Waals surface area contributed by atoms with Gasteiger partial charge in [0.15, 0.2) is 0 Å². The van der Waals surface area contributed by atoms with E-state index in [-0.39, 0.29) is 12.0 Å². The summed E-state index contributed by atoms with van der Waals surface area (Å²) in [6.45, 7) is 3.35. The molecule has 1 saturated carbocycles. The SMILES string of the molecule is COc1ccc2ncc(N(C)C)c([C@@H](F)CCC3(CO)CCN(CCC4CCCCC4)CC3)c2c1. The first-order valence-corrected chi connectivity index (χ1v) is 13.6. The summed E-state index contributed by atoms with van der Waals surface area (Å²) in [6, 6.07) is 5.65. The van der Waals surface area contributed by atoms with E-state index in [0.717, 1.165) is 48.4 Å². The molecule has 5 nitrogen and oxygen atoms in total. The number of piperidine rings is 1. The smallest absolute Gasteiger partial charge is 0.128 e. The van der Waals surface area contributed by atoms with E-state index < -0.39 is 6.17 Å². The molecule has 194 valence electrons. The first kappa shape index (κ1) is 26.2. The molecule has 1 saturated heterocycles. The van der Waals surface area contributed by atoms with Crippen LogP contribution >= 0.6 is 0 Å². The highest BCUT2D eigenvalue weighted by Crippen LogP contribution is 2.42. The second kappa shape index (κ2) is 11.9. The standard InChI is InChI=1S/C29H44FN3O2/c1-32(2)27-20-31-26-10-9-23(35-3)19-24(26)28(27)25(30)11-13-29(21-34)14-17-33(18-15-29)16-12-22-7-5-4-6-8-22/h9-10,19-20,22,25,34H,4-8,11-18,21H2,1-3H3/t25-/m0/s1. The third-order valence-electron chi connectivity index (χ3n) is 8.65. The van der Waals surface area contributed by atoms with Crippen molar-refractivity contribution >= 4 is 16.6 Å². The maximum atomic E-state index is 16.0. The van der Waals surface area contributed by atoms with Gasteiger partial charge in [-0.05, 0) is 81.3 Å². The third kappa shape index (κ3) is 6.26. The van der Waals surface area contributed by atoms with Crippen molar-refractivity contribution in [1.29, 1.82) is 0 Å². The van der Waals surface area contributed by atoms with E-state index in [9.17, 15) is 5.11 Å². The molecule has 6 heteroatoms. The Labute approximate surface area is 210 Å². The van der Waals surface area contributed by atoms with Crippen LogP contribution in [0, 0.1) is 11.3 Å². The number of aliphatic hydroxyl groups is 1. The third-order valence-corrected chi connectivity index (χ3v) is 8.65. The number of anilines is 1. The van der Waals surface area contributed by atoms with Crippen LogP contribution < -0.4 is 9.64 Å². The van der Waals surface area contributed by atoms with Crippen LogP contribution in [0.1, 0.15) is 75.9 Å². The fraction of sp³-hybridized carbons (Fsp3) is 0.690. The summed E-state index contributed by atoms with van der Waals surface area (Å²) in [5, 5.41) is 11.2. The average molecular weight is 486 g/mol. The minimum atomic E-state index is -1.13. The minimum absolute atomic E-state index is 0.141. The van der Waals surface area contributed by atoms with Gasteiger partial charge in [0.1, 0.15) is 11.9 Å². The van der Waals surface area contributed by atoms with Crippen LogP contribution in [0.5, 0.6) is 5.75 Å². The van der Waals surface area contributed by atoms with Crippen molar-refractivity contribution in [1.82, 2.24) is 9.88 Å². The number of ether oxygens (including phenoxy) is 1. The van der Waals surface area contributed by atoms with Gasteiger partial charge in [0.2, 0.25) is 0 Å². The van der Waals surface area contributed by atoms with E-state index in [1.165, 1.54) is 45.1 Å². The number of alkyl halides is 1. The van der Waals surface area contributed by atoms with Crippen molar-refractivity contribution in [2.75, 3.05) is 52.3 Å². The molecule has 1 aliphatic heterocycles. The first-order valence-electron chi connectivity index (χ1n) is 13.6. The van der Waals surface area contributed by atoms with Crippen molar-refractivity contribution in [3.8, 4) is 5.75 Å². The Morgan fingerprint density at radius 2 is 1.94 bits per heavy atom. The molecule has 0 unspecified atom stereocenters. The number of halogens is 1. The number of aromatic nitrogens is 1. The maximum absolute atomic E-state index is 16.0. The van der Waals surface area contributed by atoms with Crippen molar-refractivity contribution < 1.29 is 14.2 Å². The summed E-state index contributed by atoms with van der Waals surface area (Å²) in [5.41, 5.74) is 2.08. The van der Waals surface area contributed by atoms with Crippen LogP contribution in [-0.4, -0.2) is 62.4 Å². The van der Waals surface area contributed by atoms with Gasteiger partial charge in [-0.15, -0.1) is 0 Å². The Morgan fingerprint density at radius 1 is 1.20 bits per heavy atom. The van der Waals surface area contributed by atoms with Crippen LogP contribution in [-0.2, 0) is 0 Å². The molecule has 4 rings (SSSR count). The molecule has 0 radical (unpaired) electrons. The second-order valence-corrected chi connectivity index (χ2v) is 11.1. The number of aliphatic hydroxyl groups excluding tert-OH is 1. The van der Waals surface area contributed by atoms with Gasteiger partial charge in [-0.1, -0.05) is 32.1 Å². The number of nitrogens with zero attached hydrogens (tertiary/aromatic N) is 3. The number of likely N-dealkylation sites (tertiary alicyclic amines) is 1. The van der Waals surface area contributed by atoms with Crippen LogP contribution in [0.3, 0.4) is 0 Å². The predicted octanol–water partition coefficient (Wildman–Crippen LogP) is 6.15. The van der Waals surface area contributed by atoms with Gasteiger partial charge in [0.05, 0.1) is 24.5 Å². The lowest BCUT2D eigenvalue weighted by Gasteiger charge is -2.41. The lowest BCUT2D eigenvalue weighted by molar-refractivity contribution is 0.0282. The molecular formula is C29H44FN3O2. The van der Waals surface area contributed by atoms with Gasteiger partial charge >= 0.3 is 0 Å². The van der Waals surface area contributed by atoms with Gasteiger partial charge in [-0.3, -0.25) is 4.98 Å². The summed E-state index contributed by atoms with van der Waals surface area (Å²) < 4.78 is 21.4. The average Bonchev–Trinajstić information content (AvgIpc) is 2.90. The number of rotatable bonds is 10. The van der Waals surface area contributed by atoms with Crippen LogP contribution in [0.2, 0.25) is 0 Å². The molecule has 2 fully saturated rings. The lowest BCUT2D eigenvalue weighted by Crippen LogP contribution is -2.42. The Bertz CT molecular complexity index is 952. The summed E-state index contributed by atoms with van der Waals surface area (Å²) in [6.07, 6.45) is 12.0. The van der Waals surface area contributed by atoms with E-state index in [1.54, 1.807) is 13.3 Å². The van der Waals surface area contributed by atoms with Gasteiger partial charge in [0.25, 0.3) is 0 Å². The zero-order valence-electron chi connectivity index (χ0n) is 21.9. The number of pyridine rings is 1. The Hall–Kier alpha value is -1.92. The number of methoxy groups -OCH3 is 1. The molecule has 2 heterocycles. The molecule has 1 aromatic carbocycles. The molecule has 0 bridgehead atoms. The molecule has 1 N–H and O–H groups in total. The van der Waals surface area contributed by atoms with E-state index >= 15 is 4.39 Å². The van der Waals surface area contributed by atoms with Gasteiger partial charge in [-0.2, -0.15) is 0 Å². The van der Waals surface area contributed by atoms with Crippen molar-refractivity contribution in [2.45, 2.75) is 70.4 Å². The van der Waals surface area contributed by atoms with Crippen LogP contribution in [0.4, 0.5) is 10.1 Å². The fourth-order valence-corrected chi connectivity index (χ4v) is 6.15. The summed E-state index contributed by atoms with van der Waals surface area (Å²) >= 11 is 0. The highest BCUT2D eigenvalue weighted by molar-refractivity contribution is 5.88. The highest BCUT2D eigenvalue weighted by atomic mass is 19.1. The quantitative estimate of drug-likeness (QED) is 0.438. The molecule has 1 aromatic heterocycles. The topological polar surface area (TPSA) is 48.8 Å². The first-order chi connectivity index (χ1) is 16.9. The lowest BCUT2D eigenvalue weighted by atomic mass is 9.74. The van der Waals surface area contributed by atoms with Gasteiger partial charge in [-0.25, -0.2) is 4.39 Å². The number of benzene rings is 1. The number of hydrogen-bond donors (Lipinski definition) is 1. The molecule has 1 atom stereocenters. The maximum Gasteiger partial charge on any atom is 0.128 e. The van der Waals surface area contributed by atoms with Crippen molar-refractivity contribution in [3.63, 3.8) is 0 Å². The largest absolute Gasteiger partial charge is 0.497 e. The zero-order chi connectivity index (χ0) is 24.8. The molecule has 0 amide bonds. The molecule has 1 aliphatic carbocycles.